The van der Waals surface area contributed by atoms with Crippen LogP contribution in [0.5, 0.6) is 0 Å². The van der Waals surface area contributed by atoms with Crippen molar-refractivity contribution in [2.24, 2.45) is 10.2 Å². The van der Waals surface area contributed by atoms with Gasteiger partial charge in [0, 0.05) is 0 Å². The number of aliphatic hydroxyl groups is 1. The van der Waals surface area contributed by atoms with Gasteiger partial charge in [0.1, 0.15) is 5.76 Å². The van der Waals surface area contributed by atoms with Crippen molar-refractivity contribution in [2.75, 3.05) is 6.61 Å². The fraction of sp³-hybridized carbons (Fsp3) is 0.308. The van der Waals surface area contributed by atoms with E-state index in [2.05, 4.69) is 15.0 Å². The van der Waals surface area contributed by atoms with Crippen LogP contribution in [0.1, 0.15) is 19.4 Å². The number of halogens is 3. The second-order valence-electron chi connectivity index (χ2n) is 3.90. The number of alkyl halides is 3. The number of carbonyl (C=O) groups excluding carboxylic acids is 1. The minimum atomic E-state index is -4.44. The highest BCUT2D eigenvalue weighted by molar-refractivity contribution is 5.88. The molecule has 114 valence electrons. The third-order valence-electron chi connectivity index (χ3n) is 2.27. The number of benzene rings is 1. The highest BCUT2D eigenvalue weighted by Gasteiger charge is 2.29. The van der Waals surface area contributed by atoms with E-state index in [1.54, 1.807) is 6.92 Å². The topological polar surface area (TPSA) is 71.2 Å². The summed E-state index contributed by atoms with van der Waals surface area (Å²) in [6, 6.07) is 3.88. The summed E-state index contributed by atoms with van der Waals surface area (Å²) in [6.07, 6.45) is -4.44. The van der Waals surface area contributed by atoms with Crippen LogP contribution in [0.25, 0.3) is 0 Å². The number of ether oxygens (including phenoxy) is 1. The fourth-order valence-corrected chi connectivity index (χ4v) is 1.29. The molecule has 0 spiro atoms. The molecule has 0 aliphatic rings. The highest BCUT2D eigenvalue weighted by atomic mass is 19.4. The van der Waals surface area contributed by atoms with Crippen LogP contribution in [0.15, 0.2) is 46.0 Å². The smallest absolute Gasteiger partial charge is 0.416 e. The van der Waals surface area contributed by atoms with Crippen molar-refractivity contribution in [3.63, 3.8) is 0 Å². The van der Waals surface area contributed by atoms with Crippen LogP contribution in [0.2, 0.25) is 0 Å². The number of rotatable bonds is 4. The summed E-state index contributed by atoms with van der Waals surface area (Å²) in [4.78, 5) is 11.4. The second-order valence-corrected chi connectivity index (χ2v) is 3.90. The molecule has 1 N–H and O–H groups in total. The maximum atomic E-state index is 12.4. The van der Waals surface area contributed by atoms with Gasteiger partial charge >= 0.3 is 12.1 Å². The molecule has 5 nitrogen and oxygen atoms in total. The average Bonchev–Trinajstić information content (AvgIpc) is 2.38. The molecule has 8 heteroatoms. The standard InChI is InChI=1S/C13H13F3N2O3/c1-3-21-12(20)11(8(2)19)18-17-10-6-4-9(5-7-10)13(14,15)16/h4-7,19H,3H2,1-2H3/b11-8-,18-17?. The number of carbonyl (C=O) groups is 1. The van der Waals surface area contributed by atoms with Crippen molar-refractivity contribution in [3.8, 4) is 0 Å². The lowest BCUT2D eigenvalue weighted by atomic mass is 10.2. The molecule has 1 aromatic rings. The van der Waals surface area contributed by atoms with Gasteiger partial charge in [0.2, 0.25) is 5.70 Å². The van der Waals surface area contributed by atoms with Crippen LogP contribution in [0.4, 0.5) is 18.9 Å². The van der Waals surface area contributed by atoms with Crippen LogP contribution >= 0.6 is 0 Å². The Bertz CT molecular complexity index is 559. The summed E-state index contributed by atoms with van der Waals surface area (Å²) < 4.78 is 41.8. The van der Waals surface area contributed by atoms with Crippen molar-refractivity contribution in [1.29, 1.82) is 0 Å². The number of hydrogen-bond donors (Lipinski definition) is 1. The molecule has 0 aliphatic carbocycles. The second kappa shape index (κ2) is 6.87. The number of hydrogen-bond acceptors (Lipinski definition) is 5. The molecule has 0 bridgehead atoms. The Hall–Kier alpha value is -2.38. The van der Waals surface area contributed by atoms with Gasteiger partial charge in [0.15, 0.2) is 0 Å². The van der Waals surface area contributed by atoms with Crippen molar-refractivity contribution in [3.05, 3.63) is 41.3 Å². The van der Waals surface area contributed by atoms with E-state index in [-0.39, 0.29) is 12.3 Å². The van der Waals surface area contributed by atoms with Crippen molar-refractivity contribution >= 4 is 11.7 Å². The Balaban J connectivity index is 2.93. The molecule has 0 unspecified atom stereocenters. The van der Waals surface area contributed by atoms with E-state index in [1.807, 2.05) is 0 Å². The molecule has 0 aliphatic heterocycles. The maximum Gasteiger partial charge on any atom is 0.416 e. The summed E-state index contributed by atoms with van der Waals surface area (Å²) in [5, 5.41) is 16.4. The predicted octanol–water partition coefficient (Wildman–Crippen LogP) is 4.14. The summed E-state index contributed by atoms with van der Waals surface area (Å²) >= 11 is 0. The van der Waals surface area contributed by atoms with Gasteiger partial charge in [0.25, 0.3) is 0 Å². The molecule has 1 rings (SSSR count). The third-order valence-corrected chi connectivity index (χ3v) is 2.27. The Labute approximate surface area is 118 Å². The molecule has 0 amide bonds. The van der Waals surface area contributed by atoms with Crippen LogP contribution in [-0.2, 0) is 15.7 Å². The van der Waals surface area contributed by atoms with E-state index in [0.717, 1.165) is 24.3 Å². The molecule has 0 heterocycles. The zero-order valence-electron chi connectivity index (χ0n) is 11.3. The number of azo groups is 1. The Morgan fingerprint density at radius 1 is 1.29 bits per heavy atom. The SMILES string of the molecule is CCOC(=O)/C(N=Nc1ccc(C(F)(F)F)cc1)=C(\C)O. The first-order chi connectivity index (χ1) is 9.75. The minimum absolute atomic E-state index is 0.0887. The van der Waals surface area contributed by atoms with Gasteiger partial charge in [-0.1, -0.05) is 0 Å². The van der Waals surface area contributed by atoms with Crippen LogP contribution in [0.3, 0.4) is 0 Å². The summed E-state index contributed by atoms with van der Waals surface area (Å²) in [5.41, 5.74) is -1.12. The lowest BCUT2D eigenvalue weighted by Gasteiger charge is -2.05. The van der Waals surface area contributed by atoms with Gasteiger partial charge < -0.3 is 9.84 Å². The van der Waals surface area contributed by atoms with E-state index in [9.17, 15) is 23.1 Å². The molecule has 0 atom stereocenters. The number of esters is 1. The lowest BCUT2D eigenvalue weighted by Crippen LogP contribution is -2.07. The Morgan fingerprint density at radius 2 is 1.86 bits per heavy atom. The van der Waals surface area contributed by atoms with E-state index < -0.39 is 29.2 Å². The largest absolute Gasteiger partial charge is 0.510 e. The van der Waals surface area contributed by atoms with E-state index >= 15 is 0 Å². The molecular formula is C13H13F3N2O3. The average molecular weight is 302 g/mol. The minimum Gasteiger partial charge on any atom is -0.510 e. The first-order valence-corrected chi connectivity index (χ1v) is 5.91. The van der Waals surface area contributed by atoms with Gasteiger partial charge in [-0.05, 0) is 38.1 Å². The monoisotopic (exact) mass is 302 g/mol. The first kappa shape index (κ1) is 16.7. The fourth-order valence-electron chi connectivity index (χ4n) is 1.29. The quantitative estimate of drug-likeness (QED) is 0.393. The predicted molar refractivity (Wildman–Crippen MR) is 67.9 cm³/mol. The van der Waals surface area contributed by atoms with Gasteiger partial charge in [-0.25, -0.2) is 4.79 Å². The van der Waals surface area contributed by atoms with Crippen molar-refractivity contribution < 1.29 is 27.8 Å². The highest BCUT2D eigenvalue weighted by Crippen LogP contribution is 2.30. The molecule has 1 aromatic carbocycles. The number of aliphatic hydroxyl groups excluding tert-OH is 1. The van der Waals surface area contributed by atoms with E-state index in [4.69, 9.17) is 0 Å². The van der Waals surface area contributed by atoms with Crippen molar-refractivity contribution in [1.82, 2.24) is 0 Å². The zero-order chi connectivity index (χ0) is 16.0. The summed E-state index contributed by atoms with van der Waals surface area (Å²) in [6.45, 7) is 2.89. The third kappa shape index (κ3) is 4.90. The molecule has 0 saturated carbocycles. The van der Waals surface area contributed by atoms with Crippen LogP contribution in [-0.4, -0.2) is 17.7 Å². The lowest BCUT2D eigenvalue weighted by molar-refractivity contribution is -0.139. The van der Waals surface area contributed by atoms with Crippen LogP contribution < -0.4 is 0 Å². The van der Waals surface area contributed by atoms with Gasteiger partial charge in [-0.15, -0.1) is 5.11 Å². The zero-order valence-corrected chi connectivity index (χ0v) is 11.3. The maximum absolute atomic E-state index is 12.4. The molecule has 21 heavy (non-hydrogen) atoms. The number of nitrogens with zero attached hydrogens (tertiary/aromatic N) is 2. The molecule has 0 saturated heterocycles. The Morgan fingerprint density at radius 3 is 2.29 bits per heavy atom. The van der Waals surface area contributed by atoms with E-state index in [1.165, 1.54) is 6.92 Å². The first-order valence-electron chi connectivity index (χ1n) is 5.91. The molecular weight excluding hydrogens is 289 g/mol. The molecule has 0 fully saturated rings. The summed E-state index contributed by atoms with van der Waals surface area (Å²) in [7, 11) is 0. The van der Waals surface area contributed by atoms with Crippen molar-refractivity contribution in [2.45, 2.75) is 20.0 Å². The van der Waals surface area contributed by atoms with Gasteiger partial charge in [-0.2, -0.15) is 18.3 Å². The molecule has 0 aromatic heterocycles. The molecule has 0 radical (unpaired) electrons. The van der Waals surface area contributed by atoms with Gasteiger partial charge in [0.05, 0.1) is 17.9 Å². The number of allylic oxidation sites excluding steroid dienone is 1. The van der Waals surface area contributed by atoms with E-state index in [0.29, 0.717) is 0 Å². The Kier molecular flexibility index (Phi) is 5.45. The normalized spacial score (nSPS) is 13.2. The van der Waals surface area contributed by atoms with Crippen LogP contribution in [0, 0.1) is 0 Å². The summed E-state index contributed by atoms with van der Waals surface area (Å²) in [5.74, 6) is -1.27. The van der Waals surface area contributed by atoms with Gasteiger partial charge in [-0.3, -0.25) is 0 Å².